The number of thioether (sulfide) groups is 1. The van der Waals surface area contributed by atoms with Gasteiger partial charge in [-0.3, -0.25) is 4.57 Å². The predicted molar refractivity (Wildman–Crippen MR) is 107 cm³/mol. The van der Waals surface area contributed by atoms with Crippen LogP contribution in [0.1, 0.15) is 17.0 Å². The summed E-state index contributed by atoms with van der Waals surface area (Å²) in [4.78, 5) is 0. The first-order valence-corrected chi connectivity index (χ1v) is 9.72. The fraction of sp³-hybridized carbons (Fsp3) is 0.200. The zero-order valence-electron chi connectivity index (χ0n) is 14.9. The highest BCUT2D eigenvalue weighted by molar-refractivity contribution is 7.98. The lowest BCUT2D eigenvalue weighted by Crippen LogP contribution is -2.08. The Kier molecular flexibility index (Phi) is 6.53. The summed E-state index contributed by atoms with van der Waals surface area (Å²) in [6.07, 6.45) is 1.79. The Balaban J connectivity index is 1.70. The summed E-state index contributed by atoms with van der Waals surface area (Å²) in [6, 6.07) is 11.9. The van der Waals surface area contributed by atoms with Crippen LogP contribution in [0.3, 0.4) is 0 Å². The smallest absolute Gasteiger partial charge is 0.191 e. The van der Waals surface area contributed by atoms with Crippen molar-refractivity contribution in [2.75, 3.05) is 0 Å². The van der Waals surface area contributed by atoms with E-state index in [0.717, 1.165) is 22.0 Å². The summed E-state index contributed by atoms with van der Waals surface area (Å²) in [6.45, 7) is 6.62. The first kappa shape index (κ1) is 19.5. The van der Waals surface area contributed by atoms with Gasteiger partial charge >= 0.3 is 0 Å². The van der Waals surface area contributed by atoms with Crippen molar-refractivity contribution in [3.8, 4) is 5.75 Å². The molecule has 27 heavy (non-hydrogen) atoms. The van der Waals surface area contributed by atoms with Gasteiger partial charge in [0.25, 0.3) is 0 Å². The normalized spacial score (nSPS) is 10.8. The van der Waals surface area contributed by atoms with Gasteiger partial charge in [0.05, 0.1) is 0 Å². The highest BCUT2D eigenvalue weighted by atomic mass is 35.5. The van der Waals surface area contributed by atoms with Gasteiger partial charge in [-0.2, -0.15) is 0 Å². The molecule has 0 saturated heterocycles. The Labute approximate surface area is 167 Å². The van der Waals surface area contributed by atoms with E-state index in [1.807, 2.05) is 23.6 Å². The van der Waals surface area contributed by atoms with E-state index < -0.39 is 0 Å². The van der Waals surface area contributed by atoms with Crippen molar-refractivity contribution in [3.05, 3.63) is 82.9 Å². The van der Waals surface area contributed by atoms with Crippen molar-refractivity contribution in [3.63, 3.8) is 0 Å². The minimum absolute atomic E-state index is 0.240. The lowest BCUT2D eigenvalue weighted by molar-refractivity contribution is 0.287. The van der Waals surface area contributed by atoms with Gasteiger partial charge in [-0.25, -0.2) is 4.39 Å². The van der Waals surface area contributed by atoms with Crippen LogP contribution in [0.4, 0.5) is 4.39 Å². The number of allylic oxidation sites excluding steroid dienone is 1. The van der Waals surface area contributed by atoms with E-state index in [1.165, 1.54) is 23.9 Å². The summed E-state index contributed by atoms with van der Waals surface area (Å²) in [7, 11) is 0. The maximum Gasteiger partial charge on any atom is 0.191 e. The molecule has 0 aliphatic heterocycles. The molecule has 7 heteroatoms. The molecule has 3 aromatic rings. The molecular formula is C20H19ClFN3OS. The zero-order valence-corrected chi connectivity index (χ0v) is 16.4. The molecule has 0 bridgehead atoms. The van der Waals surface area contributed by atoms with Crippen LogP contribution in [0.25, 0.3) is 0 Å². The molecule has 1 heterocycles. The fourth-order valence-corrected chi connectivity index (χ4v) is 3.64. The zero-order chi connectivity index (χ0) is 19.2. The molecule has 4 nitrogen and oxygen atoms in total. The Bertz CT molecular complexity index is 927. The third kappa shape index (κ3) is 5.11. The number of aromatic nitrogens is 3. The number of aryl methyl sites for hydroxylation is 1. The summed E-state index contributed by atoms with van der Waals surface area (Å²) in [5.74, 6) is 1.90. The third-order valence-electron chi connectivity index (χ3n) is 3.88. The topological polar surface area (TPSA) is 39.9 Å². The van der Waals surface area contributed by atoms with Gasteiger partial charge in [0, 0.05) is 17.3 Å². The van der Waals surface area contributed by atoms with Gasteiger partial charge in [0.15, 0.2) is 11.0 Å². The van der Waals surface area contributed by atoms with E-state index in [4.69, 9.17) is 16.3 Å². The van der Waals surface area contributed by atoms with Gasteiger partial charge in [-0.15, -0.1) is 16.8 Å². The average Bonchev–Trinajstić information content (AvgIpc) is 3.03. The molecule has 0 N–H and O–H groups in total. The van der Waals surface area contributed by atoms with Crippen molar-refractivity contribution in [1.29, 1.82) is 0 Å². The maximum atomic E-state index is 13.0. The van der Waals surface area contributed by atoms with E-state index in [2.05, 4.69) is 16.8 Å². The molecule has 0 saturated carbocycles. The van der Waals surface area contributed by atoms with Crippen LogP contribution >= 0.6 is 23.4 Å². The molecule has 0 spiro atoms. The standard InChI is InChI=1S/C20H19ClFN3OS/c1-3-10-25-19(12-26-18-9-6-16(21)11-14(18)2)23-24-20(25)27-13-15-4-7-17(22)8-5-15/h3-9,11H,1,10,12-13H2,2H3. The minimum Gasteiger partial charge on any atom is -0.485 e. The van der Waals surface area contributed by atoms with Gasteiger partial charge in [0.2, 0.25) is 0 Å². The molecule has 0 radical (unpaired) electrons. The minimum atomic E-state index is -0.240. The van der Waals surface area contributed by atoms with E-state index in [0.29, 0.717) is 29.8 Å². The van der Waals surface area contributed by atoms with Crippen LogP contribution in [0.2, 0.25) is 5.02 Å². The third-order valence-corrected chi connectivity index (χ3v) is 5.15. The largest absolute Gasteiger partial charge is 0.485 e. The van der Waals surface area contributed by atoms with Crippen LogP contribution in [-0.4, -0.2) is 14.8 Å². The summed E-state index contributed by atoms with van der Waals surface area (Å²) >= 11 is 7.52. The second-order valence-electron chi connectivity index (χ2n) is 5.91. The molecule has 0 unspecified atom stereocenters. The van der Waals surface area contributed by atoms with Crippen molar-refractivity contribution in [2.45, 2.75) is 31.0 Å². The first-order valence-electron chi connectivity index (χ1n) is 8.36. The molecule has 1 aromatic heterocycles. The highest BCUT2D eigenvalue weighted by Gasteiger charge is 2.13. The quantitative estimate of drug-likeness (QED) is 0.371. The Morgan fingerprint density at radius 3 is 2.70 bits per heavy atom. The van der Waals surface area contributed by atoms with Crippen molar-refractivity contribution in [2.24, 2.45) is 0 Å². The van der Waals surface area contributed by atoms with Crippen LogP contribution in [0, 0.1) is 12.7 Å². The monoisotopic (exact) mass is 403 g/mol. The second kappa shape index (κ2) is 9.06. The number of ether oxygens (including phenoxy) is 1. The van der Waals surface area contributed by atoms with E-state index in [-0.39, 0.29) is 5.82 Å². The number of halogens is 2. The number of nitrogens with zero attached hydrogens (tertiary/aromatic N) is 3. The molecule has 0 fully saturated rings. The average molecular weight is 404 g/mol. The molecule has 0 aliphatic rings. The van der Waals surface area contributed by atoms with Gasteiger partial charge in [-0.1, -0.05) is 41.6 Å². The number of hydrogen-bond donors (Lipinski definition) is 0. The maximum absolute atomic E-state index is 13.0. The van der Waals surface area contributed by atoms with Gasteiger partial charge in [-0.05, 0) is 48.4 Å². The fourth-order valence-electron chi connectivity index (χ4n) is 2.49. The van der Waals surface area contributed by atoms with E-state index in [1.54, 1.807) is 24.3 Å². The first-order chi connectivity index (χ1) is 13.1. The van der Waals surface area contributed by atoms with Gasteiger partial charge < -0.3 is 4.74 Å². The summed E-state index contributed by atoms with van der Waals surface area (Å²) in [5, 5.41) is 9.97. The molecular weight excluding hydrogens is 385 g/mol. The molecule has 140 valence electrons. The summed E-state index contributed by atoms with van der Waals surface area (Å²) < 4.78 is 20.9. The van der Waals surface area contributed by atoms with Crippen molar-refractivity contribution in [1.82, 2.24) is 14.8 Å². The molecule has 0 aliphatic carbocycles. The number of hydrogen-bond acceptors (Lipinski definition) is 4. The molecule has 0 amide bonds. The highest BCUT2D eigenvalue weighted by Crippen LogP contribution is 2.25. The van der Waals surface area contributed by atoms with Crippen LogP contribution in [0.15, 0.2) is 60.3 Å². The summed E-state index contributed by atoms with van der Waals surface area (Å²) in [5.41, 5.74) is 1.98. The lowest BCUT2D eigenvalue weighted by atomic mass is 10.2. The van der Waals surface area contributed by atoms with Crippen LogP contribution < -0.4 is 4.74 Å². The molecule has 0 atom stereocenters. The predicted octanol–water partition coefficient (Wildman–Crippen LogP) is 5.44. The van der Waals surface area contributed by atoms with Crippen LogP contribution in [0.5, 0.6) is 5.75 Å². The lowest BCUT2D eigenvalue weighted by Gasteiger charge is -2.11. The number of rotatable bonds is 8. The van der Waals surface area contributed by atoms with Crippen molar-refractivity contribution >= 4 is 23.4 Å². The van der Waals surface area contributed by atoms with Crippen LogP contribution in [-0.2, 0) is 18.9 Å². The molecule has 2 aromatic carbocycles. The Morgan fingerprint density at radius 1 is 1.22 bits per heavy atom. The molecule has 3 rings (SSSR count). The van der Waals surface area contributed by atoms with E-state index in [9.17, 15) is 4.39 Å². The Hall–Kier alpha value is -2.31. The van der Waals surface area contributed by atoms with Gasteiger partial charge in [0.1, 0.15) is 18.2 Å². The second-order valence-corrected chi connectivity index (χ2v) is 7.29. The van der Waals surface area contributed by atoms with E-state index >= 15 is 0 Å². The number of benzene rings is 2. The van der Waals surface area contributed by atoms with Crippen molar-refractivity contribution < 1.29 is 9.13 Å². The Morgan fingerprint density at radius 2 is 2.00 bits per heavy atom. The SMILES string of the molecule is C=CCn1c(COc2ccc(Cl)cc2C)nnc1SCc1ccc(F)cc1.